The van der Waals surface area contributed by atoms with Crippen molar-refractivity contribution in [1.29, 1.82) is 0 Å². The topological polar surface area (TPSA) is 92.8 Å². The first-order valence-electron chi connectivity index (χ1n) is 11.4. The minimum Gasteiger partial charge on any atom is -0.465 e. The predicted molar refractivity (Wildman–Crippen MR) is 122 cm³/mol. The van der Waals surface area contributed by atoms with Crippen molar-refractivity contribution in [2.45, 2.75) is 45.2 Å². The van der Waals surface area contributed by atoms with Crippen LogP contribution in [0.2, 0.25) is 0 Å². The highest BCUT2D eigenvalue weighted by Crippen LogP contribution is 2.52. The second-order valence-electron chi connectivity index (χ2n) is 8.71. The zero-order chi connectivity index (χ0) is 24.6. The number of nitrogens with one attached hydrogen (secondary N) is 1. The first kappa shape index (κ1) is 23.8. The third-order valence-electron chi connectivity index (χ3n) is 6.69. The Morgan fingerprint density at radius 2 is 1.82 bits per heavy atom. The van der Waals surface area contributed by atoms with Gasteiger partial charge in [0.15, 0.2) is 5.78 Å². The van der Waals surface area contributed by atoms with Gasteiger partial charge in [-0.3, -0.25) is 24.5 Å². The van der Waals surface area contributed by atoms with E-state index in [1.165, 1.54) is 25.1 Å². The van der Waals surface area contributed by atoms with E-state index in [4.69, 9.17) is 4.74 Å². The maximum absolute atomic E-state index is 14.9. The van der Waals surface area contributed by atoms with Crippen LogP contribution in [0.1, 0.15) is 55.6 Å². The molecule has 7 nitrogen and oxygen atoms in total. The zero-order valence-electron chi connectivity index (χ0n) is 19.3. The number of anilines is 1. The summed E-state index contributed by atoms with van der Waals surface area (Å²) < 4.78 is 20.2. The highest BCUT2D eigenvalue weighted by Gasteiger charge is 2.68. The van der Waals surface area contributed by atoms with Gasteiger partial charge in [0.2, 0.25) is 11.8 Å². The fourth-order valence-electron chi connectivity index (χ4n) is 5.29. The number of benzene rings is 2. The summed E-state index contributed by atoms with van der Waals surface area (Å²) in [5.41, 5.74) is -0.676. The normalized spacial score (nSPS) is 26.0. The van der Waals surface area contributed by atoms with Gasteiger partial charge in [0.05, 0.1) is 24.1 Å². The average molecular weight is 467 g/mol. The molecule has 0 spiro atoms. The van der Waals surface area contributed by atoms with Gasteiger partial charge in [0, 0.05) is 17.2 Å². The molecule has 2 fully saturated rings. The van der Waals surface area contributed by atoms with Crippen LogP contribution in [0, 0.1) is 17.7 Å². The van der Waals surface area contributed by atoms with Crippen molar-refractivity contribution in [3.05, 3.63) is 65.5 Å². The monoisotopic (exact) mass is 466 g/mol. The Bertz CT molecular complexity index is 1170. The van der Waals surface area contributed by atoms with E-state index in [0.717, 1.165) is 4.90 Å². The number of Topliss-reactive ketones (excluding diaryl/α,β-unsaturated/α-hetero) is 1. The molecule has 2 amide bonds. The van der Waals surface area contributed by atoms with E-state index in [1.54, 1.807) is 37.3 Å². The lowest BCUT2D eigenvalue weighted by Gasteiger charge is -2.32. The van der Waals surface area contributed by atoms with Gasteiger partial charge in [-0.2, -0.15) is 0 Å². The van der Waals surface area contributed by atoms with Crippen LogP contribution < -0.4 is 10.2 Å². The number of ketones is 1. The van der Waals surface area contributed by atoms with Crippen molar-refractivity contribution in [1.82, 2.24) is 5.32 Å². The fraction of sp³-hybridized carbons (Fsp3) is 0.385. The van der Waals surface area contributed by atoms with E-state index < -0.39 is 47.0 Å². The highest BCUT2D eigenvalue weighted by atomic mass is 19.1. The molecule has 2 aromatic carbocycles. The van der Waals surface area contributed by atoms with Crippen LogP contribution in [0.5, 0.6) is 0 Å². The summed E-state index contributed by atoms with van der Waals surface area (Å²) in [6, 6.07) is 11.4. The minimum absolute atomic E-state index is 0.0975. The predicted octanol–water partition coefficient (Wildman–Crippen LogP) is 3.58. The lowest BCUT2D eigenvalue weighted by atomic mass is 9.77. The van der Waals surface area contributed by atoms with Crippen molar-refractivity contribution in [2.75, 3.05) is 11.5 Å². The molecule has 2 aromatic rings. The quantitative estimate of drug-likeness (QED) is 0.381. The number of esters is 1. The van der Waals surface area contributed by atoms with Gasteiger partial charge in [0.25, 0.3) is 0 Å². The van der Waals surface area contributed by atoms with Gasteiger partial charge in [-0.05, 0) is 38.5 Å². The first-order chi connectivity index (χ1) is 16.3. The van der Waals surface area contributed by atoms with Crippen molar-refractivity contribution in [3.8, 4) is 0 Å². The molecule has 2 aliphatic rings. The van der Waals surface area contributed by atoms with E-state index in [9.17, 15) is 23.6 Å². The third kappa shape index (κ3) is 3.62. The summed E-state index contributed by atoms with van der Waals surface area (Å²) in [5.74, 6) is -4.58. The molecule has 178 valence electrons. The van der Waals surface area contributed by atoms with Crippen LogP contribution in [0.15, 0.2) is 48.5 Å². The molecule has 4 atom stereocenters. The van der Waals surface area contributed by atoms with E-state index in [-0.39, 0.29) is 30.1 Å². The Kier molecular flexibility index (Phi) is 6.36. The van der Waals surface area contributed by atoms with E-state index in [1.807, 2.05) is 6.92 Å². The number of halogens is 1. The lowest BCUT2D eigenvalue weighted by Crippen LogP contribution is -2.56. The minimum atomic E-state index is -1.48. The molecule has 8 heteroatoms. The number of hydrogen-bond donors (Lipinski definition) is 1. The van der Waals surface area contributed by atoms with Crippen LogP contribution in [-0.2, 0) is 19.1 Å². The van der Waals surface area contributed by atoms with Gasteiger partial charge in [-0.15, -0.1) is 0 Å². The molecule has 4 rings (SSSR count). The summed E-state index contributed by atoms with van der Waals surface area (Å²) >= 11 is 0. The lowest BCUT2D eigenvalue weighted by molar-refractivity contribution is -0.155. The summed E-state index contributed by atoms with van der Waals surface area (Å²) in [6.07, 6.45) is 0.763. The molecule has 0 saturated carbocycles. The van der Waals surface area contributed by atoms with Gasteiger partial charge in [-0.1, -0.05) is 43.7 Å². The van der Waals surface area contributed by atoms with Gasteiger partial charge in [-0.25, -0.2) is 9.29 Å². The van der Waals surface area contributed by atoms with Crippen LogP contribution in [0.3, 0.4) is 0 Å². The Morgan fingerprint density at radius 1 is 1.09 bits per heavy atom. The molecule has 2 aliphatic heterocycles. The van der Waals surface area contributed by atoms with Crippen molar-refractivity contribution < 1.29 is 28.3 Å². The van der Waals surface area contributed by atoms with Gasteiger partial charge >= 0.3 is 5.97 Å². The molecule has 0 bridgehead atoms. The van der Waals surface area contributed by atoms with E-state index in [0.29, 0.717) is 12.0 Å². The molecule has 2 heterocycles. The third-order valence-corrected chi connectivity index (χ3v) is 6.69. The molecule has 2 saturated heterocycles. The molecule has 0 aromatic heterocycles. The molecular weight excluding hydrogens is 439 g/mol. The summed E-state index contributed by atoms with van der Waals surface area (Å²) in [4.78, 5) is 53.8. The number of imide groups is 1. The first-order valence-corrected chi connectivity index (χ1v) is 11.4. The van der Waals surface area contributed by atoms with Crippen molar-refractivity contribution in [3.63, 3.8) is 0 Å². The SMILES string of the molecule is CCC[C@]1(C(=O)OCC)N[C@H](c2ccccc2F)[C@H]2C(=O)N(c3cccc(C(C)=O)c3)C(=O)[C@@H]21. The molecular formula is C26H27FN2O5. The molecule has 34 heavy (non-hydrogen) atoms. The second kappa shape index (κ2) is 9.10. The van der Waals surface area contributed by atoms with Gasteiger partial charge < -0.3 is 4.74 Å². The number of rotatable bonds is 7. The fourth-order valence-corrected chi connectivity index (χ4v) is 5.29. The number of ether oxygens (including phenoxy) is 1. The zero-order valence-corrected chi connectivity index (χ0v) is 19.3. The average Bonchev–Trinajstić information content (AvgIpc) is 3.29. The largest absolute Gasteiger partial charge is 0.465 e. The number of amides is 2. The van der Waals surface area contributed by atoms with Crippen LogP contribution in [-0.4, -0.2) is 35.7 Å². The second-order valence-corrected chi connectivity index (χ2v) is 8.71. The summed E-state index contributed by atoms with van der Waals surface area (Å²) in [6.45, 7) is 5.02. The Labute approximate surface area is 197 Å². The van der Waals surface area contributed by atoms with Gasteiger partial charge in [0.1, 0.15) is 11.4 Å². The molecule has 0 aliphatic carbocycles. The van der Waals surface area contributed by atoms with Crippen LogP contribution >= 0.6 is 0 Å². The van der Waals surface area contributed by atoms with Crippen LogP contribution in [0.4, 0.5) is 10.1 Å². The number of carbonyl (C=O) groups is 4. The maximum atomic E-state index is 14.9. The number of carbonyl (C=O) groups excluding carboxylic acids is 4. The highest BCUT2D eigenvalue weighted by molar-refractivity contribution is 6.24. The molecule has 0 unspecified atom stereocenters. The Morgan fingerprint density at radius 3 is 2.47 bits per heavy atom. The van der Waals surface area contributed by atoms with Crippen LogP contribution in [0.25, 0.3) is 0 Å². The number of hydrogen-bond acceptors (Lipinski definition) is 6. The standard InChI is InChI=1S/C26H27FN2O5/c1-4-13-26(25(33)34-5-2)21-20(22(28-26)18-11-6-7-12-19(18)27)23(31)29(24(21)32)17-10-8-9-16(14-17)15(3)30/h6-12,14,20-22,28H,4-5,13H2,1-3H3/t20-,21+,22+,26-/m0/s1. The van der Waals surface area contributed by atoms with E-state index >= 15 is 0 Å². The van der Waals surface area contributed by atoms with E-state index in [2.05, 4.69) is 5.32 Å². The van der Waals surface area contributed by atoms with Crippen molar-refractivity contribution in [2.24, 2.45) is 11.8 Å². The summed E-state index contributed by atoms with van der Waals surface area (Å²) in [7, 11) is 0. The molecule has 0 radical (unpaired) electrons. The number of nitrogens with zero attached hydrogens (tertiary/aromatic N) is 1. The number of fused-ring (bicyclic) bond motifs is 1. The summed E-state index contributed by atoms with van der Waals surface area (Å²) in [5, 5.41) is 3.17. The molecule has 1 N–H and O–H groups in total. The van der Waals surface area contributed by atoms with Crippen molar-refractivity contribution >= 4 is 29.3 Å². The maximum Gasteiger partial charge on any atom is 0.327 e. The Hall–Kier alpha value is -3.39. The smallest absolute Gasteiger partial charge is 0.327 e. The Balaban J connectivity index is 1.88.